The number of hydrogen-bond donors (Lipinski definition) is 0. The predicted octanol–water partition coefficient (Wildman–Crippen LogP) is 5.89. The quantitative estimate of drug-likeness (QED) is 0.552. The van der Waals surface area contributed by atoms with E-state index in [0.717, 1.165) is 13.2 Å². The first-order valence-corrected chi connectivity index (χ1v) is 6.54. The van der Waals surface area contributed by atoms with Crippen molar-refractivity contribution < 1.29 is 44.3 Å². The van der Waals surface area contributed by atoms with Gasteiger partial charge in [-0.25, -0.2) is 0 Å². The Hall–Kier alpha value is -1.16. The molecule has 0 saturated carbocycles. The van der Waals surface area contributed by atoms with Gasteiger partial charge < -0.3 is 4.74 Å². The molecule has 0 radical (unpaired) electrons. The highest BCUT2D eigenvalue weighted by Gasteiger charge is 2.81. The van der Waals surface area contributed by atoms with E-state index in [-0.39, 0.29) is 10.6 Å². The lowest BCUT2D eigenvalue weighted by Crippen LogP contribution is -2.61. The maximum absolute atomic E-state index is 13.6. The van der Waals surface area contributed by atoms with Crippen molar-refractivity contribution in [3.63, 3.8) is 0 Å². The molecule has 1 nitrogen and oxygen atoms in total. The summed E-state index contributed by atoms with van der Waals surface area (Å²) in [6, 6.07) is 4.91. The average Bonchev–Trinajstić information content (AvgIpc) is 2.44. The zero-order valence-corrected chi connectivity index (χ0v) is 12.5. The molecule has 0 aliphatic heterocycles. The summed E-state index contributed by atoms with van der Waals surface area (Å²) in [6.45, 7) is 0. The molecule has 0 saturated heterocycles. The van der Waals surface area contributed by atoms with E-state index in [0.29, 0.717) is 0 Å². The summed E-state index contributed by atoms with van der Waals surface area (Å²) in [5, 5.41) is -0.203. The normalized spacial score (nSPS) is 15.5. The Kier molecular flexibility index (Phi) is 5.76. The van der Waals surface area contributed by atoms with Gasteiger partial charge in [0.1, 0.15) is 0 Å². The molecule has 0 aromatic heterocycles. The molecule has 0 aliphatic rings. The second kappa shape index (κ2) is 6.62. The van der Waals surface area contributed by atoms with Crippen molar-refractivity contribution in [1.29, 1.82) is 0 Å². The van der Waals surface area contributed by atoms with E-state index in [1.54, 1.807) is 0 Å². The minimum Gasteiger partial charge on any atom is -0.376 e. The van der Waals surface area contributed by atoms with Crippen LogP contribution >= 0.6 is 11.6 Å². The molecule has 1 aromatic rings. The smallest absolute Gasteiger partial charge is 0.376 e. The zero-order valence-electron chi connectivity index (χ0n) is 11.8. The highest BCUT2D eigenvalue weighted by molar-refractivity contribution is 6.31. The summed E-state index contributed by atoms with van der Waals surface area (Å²) in [5.74, 6) is -19.3. The Balaban J connectivity index is 3.21. The minimum atomic E-state index is -6.93. The first-order chi connectivity index (χ1) is 10.7. The molecule has 138 valence electrons. The second-order valence-corrected chi connectivity index (χ2v) is 5.21. The van der Waals surface area contributed by atoms with E-state index in [1.165, 1.54) is 18.2 Å². The third-order valence-corrected chi connectivity index (χ3v) is 3.53. The van der Waals surface area contributed by atoms with E-state index in [9.17, 15) is 39.5 Å². The predicted molar refractivity (Wildman–Crippen MR) is 66.7 cm³/mol. The summed E-state index contributed by atoms with van der Waals surface area (Å²) >= 11 is 5.66. The number of ether oxygens (including phenoxy) is 1. The van der Waals surface area contributed by atoms with Crippen LogP contribution in [0.5, 0.6) is 0 Å². The van der Waals surface area contributed by atoms with Crippen molar-refractivity contribution in [2.24, 2.45) is 0 Å². The van der Waals surface area contributed by atoms with Gasteiger partial charge in [-0.3, -0.25) is 0 Å². The molecule has 0 N–H and O–H groups in total. The lowest BCUT2D eigenvalue weighted by Gasteiger charge is -2.35. The summed E-state index contributed by atoms with van der Waals surface area (Å²) in [4.78, 5) is 0. The number of benzene rings is 1. The molecule has 0 aliphatic carbocycles. The highest BCUT2D eigenvalue weighted by Crippen LogP contribution is 2.55. The molecule has 1 rings (SSSR count). The first-order valence-electron chi connectivity index (χ1n) is 6.16. The number of rotatable bonds is 6. The molecule has 0 bridgehead atoms. The van der Waals surface area contributed by atoms with Gasteiger partial charge in [0, 0.05) is 18.6 Å². The van der Waals surface area contributed by atoms with Crippen molar-refractivity contribution >= 4 is 11.6 Å². The van der Waals surface area contributed by atoms with E-state index < -0.39 is 36.5 Å². The van der Waals surface area contributed by atoms with Gasteiger partial charge in [-0.1, -0.05) is 29.8 Å². The van der Waals surface area contributed by atoms with Crippen LogP contribution in [0.1, 0.15) is 18.1 Å². The fourth-order valence-electron chi connectivity index (χ4n) is 1.83. The molecule has 0 amide bonds. The molecule has 1 unspecified atom stereocenters. The summed E-state index contributed by atoms with van der Waals surface area (Å²) in [5.41, 5.74) is -0.257. The number of halogens is 10. The maximum atomic E-state index is 13.6. The molecule has 0 heterocycles. The average molecular weight is 389 g/mol. The van der Waals surface area contributed by atoms with Crippen LogP contribution in [0.25, 0.3) is 0 Å². The van der Waals surface area contributed by atoms with Crippen LogP contribution < -0.4 is 0 Å². The van der Waals surface area contributed by atoms with E-state index in [4.69, 9.17) is 11.6 Å². The van der Waals surface area contributed by atoms with Crippen LogP contribution in [0.3, 0.4) is 0 Å². The maximum Gasteiger partial charge on any atom is 0.460 e. The van der Waals surface area contributed by atoms with Crippen LogP contribution in [0.4, 0.5) is 39.5 Å². The minimum absolute atomic E-state index is 0.203. The monoisotopic (exact) mass is 388 g/mol. The van der Waals surface area contributed by atoms with Gasteiger partial charge in [0.25, 0.3) is 0 Å². The third kappa shape index (κ3) is 3.58. The first kappa shape index (κ1) is 20.9. The zero-order chi connectivity index (χ0) is 19.0. The summed E-state index contributed by atoms with van der Waals surface area (Å²) in [6.07, 6.45) is -10.9. The molecule has 0 fully saturated rings. The van der Waals surface area contributed by atoms with E-state index in [1.807, 2.05) is 0 Å². The van der Waals surface area contributed by atoms with Gasteiger partial charge in [-0.2, -0.15) is 39.5 Å². The van der Waals surface area contributed by atoms with E-state index in [2.05, 4.69) is 4.74 Å². The van der Waals surface area contributed by atoms with Crippen molar-refractivity contribution in [2.75, 3.05) is 7.11 Å². The fraction of sp³-hybridized carbons (Fsp3) is 0.538. The largest absolute Gasteiger partial charge is 0.460 e. The summed E-state index contributed by atoms with van der Waals surface area (Å²) in [7, 11) is 0.796. The Labute approximate surface area is 135 Å². The van der Waals surface area contributed by atoms with Crippen LogP contribution in [0, 0.1) is 0 Å². The Morgan fingerprint density at radius 1 is 0.917 bits per heavy atom. The number of hydrogen-bond acceptors (Lipinski definition) is 1. The van der Waals surface area contributed by atoms with Crippen LogP contribution in [-0.2, 0) is 4.74 Å². The van der Waals surface area contributed by atoms with Gasteiger partial charge in [0.15, 0.2) is 0 Å². The molecule has 11 heteroatoms. The number of alkyl halides is 9. The number of methoxy groups -OCH3 is 1. The lowest BCUT2D eigenvalue weighted by molar-refractivity contribution is -0.398. The van der Waals surface area contributed by atoms with Gasteiger partial charge in [0.2, 0.25) is 0 Å². The van der Waals surface area contributed by atoms with Crippen molar-refractivity contribution in [3.8, 4) is 0 Å². The molecule has 24 heavy (non-hydrogen) atoms. The third-order valence-electron chi connectivity index (χ3n) is 3.19. The molecule has 1 aromatic carbocycles. The lowest BCUT2D eigenvalue weighted by atomic mass is 9.95. The molecular formula is C13H10ClF9O. The Morgan fingerprint density at radius 2 is 1.42 bits per heavy atom. The second-order valence-electron chi connectivity index (χ2n) is 4.80. The van der Waals surface area contributed by atoms with Crippen molar-refractivity contribution in [1.82, 2.24) is 0 Å². The van der Waals surface area contributed by atoms with Crippen molar-refractivity contribution in [2.45, 2.75) is 36.5 Å². The van der Waals surface area contributed by atoms with Crippen LogP contribution in [-0.4, -0.2) is 31.1 Å². The molecular weight excluding hydrogens is 379 g/mol. The summed E-state index contributed by atoms with van der Waals surface area (Å²) < 4.78 is 120. The van der Waals surface area contributed by atoms with Gasteiger partial charge in [0.05, 0.1) is 6.10 Å². The fourth-order valence-corrected chi connectivity index (χ4v) is 2.08. The molecule has 0 spiro atoms. The Bertz CT molecular complexity index is 571. The SMILES string of the molecule is COC(CC(F)(F)C(F)(F)C(F)(F)C(F)(F)F)c1ccccc1Cl. The Morgan fingerprint density at radius 3 is 1.83 bits per heavy atom. The van der Waals surface area contributed by atoms with Gasteiger partial charge >= 0.3 is 23.9 Å². The van der Waals surface area contributed by atoms with Gasteiger partial charge in [-0.05, 0) is 11.6 Å². The van der Waals surface area contributed by atoms with E-state index >= 15 is 0 Å². The van der Waals surface area contributed by atoms with Crippen LogP contribution in [0.15, 0.2) is 24.3 Å². The highest BCUT2D eigenvalue weighted by atomic mass is 35.5. The van der Waals surface area contributed by atoms with Crippen LogP contribution in [0.2, 0.25) is 5.02 Å². The molecule has 1 atom stereocenters. The van der Waals surface area contributed by atoms with Crippen molar-refractivity contribution in [3.05, 3.63) is 34.9 Å². The standard InChI is InChI=1S/C13H10ClF9O/c1-24-9(7-4-2-3-5-8(7)14)6-10(15,16)11(17,18)12(19,20)13(21,22)23/h2-5,9H,6H2,1H3. The topological polar surface area (TPSA) is 9.23 Å². The van der Waals surface area contributed by atoms with Gasteiger partial charge in [-0.15, -0.1) is 0 Å².